The lowest BCUT2D eigenvalue weighted by Gasteiger charge is -2.12. The smallest absolute Gasteiger partial charge is 0.350 e. The molecule has 0 aliphatic heterocycles. The van der Waals surface area contributed by atoms with E-state index < -0.39 is 0 Å². The third kappa shape index (κ3) is 4.81. The van der Waals surface area contributed by atoms with Crippen molar-refractivity contribution in [3.05, 3.63) is 130 Å². The van der Waals surface area contributed by atoms with E-state index in [4.69, 9.17) is 4.74 Å². The van der Waals surface area contributed by atoms with Crippen molar-refractivity contribution in [2.24, 2.45) is 0 Å². The molecular formula is C29H24N4O3. The molecule has 0 aliphatic carbocycles. The van der Waals surface area contributed by atoms with E-state index in [1.165, 1.54) is 9.08 Å². The fourth-order valence-electron chi connectivity index (χ4n) is 4.03. The van der Waals surface area contributed by atoms with Crippen molar-refractivity contribution < 1.29 is 9.53 Å². The topological polar surface area (TPSA) is 77.6 Å². The monoisotopic (exact) mass is 476 g/mol. The number of ether oxygens (including phenoxy) is 1. The lowest BCUT2D eigenvalue weighted by Crippen LogP contribution is -2.21. The molecule has 1 amide bonds. The second-order valence-electron chi connectivity index (χ2n) is 8.19. The van der Waals surface area contributed by atoms with Crippen molar-refractivity contribution >= 4 is 28.9 Å². The summed E-state index contributed by atoms with van der Waals surface area (Å²) in [6.45, 7) is 0.285. The number of para-hydroxylation sites is 1. The highest BCUT2D eigenvalue weighted by molar-refractivity contribution is 6.29. The number of carbonyl (C=O) groups excluding carboxylic acids is 1. The minimum absolute atomic E-state index is 0.217. The Bertz CT molecular complexity index is 1620. The number of fused-ring (bicyclic) bond motifs is 1. The molecule has 7 heteroatoms. The number of benzene rings is 3. The molecule has 0 fully saturated rings. The molecule has 0 saturated carbocycles. The first-order valence-electron chi connectivity index (χ1n) is 11.5. The molecule has 0 unspecified atom stereocenters. The van der Waals surface area contributed by atoms with Gasteiger partial charge in [0, 0.05) is 23.0 Å². The summed E-state index contributed by atoms with van der Waals surface area (Å²) in [6.07, 6.45) is 3.51. The van der Waals surface area contributed by atoms with Gasteiger partial charge in [-0.05, 0) is 47.5 Å². The zero-order valence-electron chi connectivity index (χ0n) is 19.7. The number of carbonyl (C=O) groups is 1. The minimum Gasteiger partial charge on any atom is -0.496 e. The Morgan fingerprint density at radius 1 is 0.944 bits per heavy atom. The zero-order chi connectivity index (χ0) is 24.9. The summed E-state index contributed by atoms with van der Waals surface area (Å²) in [5.74, 6) is 0.424. The number of pyridine rings is 1. The molecule has 0 aliphatic rings. The van der Waals surface area contributed by atoms with E-state index in [0.29, 0.717) is 22.7 Å². The summed E-state index contributed by atoms with van der Waals surface area (Å²) < 4.78 is 8.38. The van der Waals surface area contributed by atoms with Crippen molar-refractivity contribution in [2.75, 3.05) is 12.4 Å². The van der Waals surface area contributed by atoms with E-state index in [0.717, 1.165) is 16.7 Å². The van der Waals surface area contributed by atoms with Crippen molar-refractivity contribution in [2.45, 2.75) is 6.54 Å². The molecule has 7 nitrogen and oxygen atoms in total. The van der Waals surface area contributed by atoms with Gasteiger partial charge >= 0.3 is 5.69 Å². The van der Waals surface area contributed by atoms with Crippen molar-refractivity contribution in [1.29, 1.82) is 0 Å². The average Bonchev–Trinajstić information content (AvgIpc) is 3.23. The van der Waals surface area contributed by atoms with Gasteiger partial charge in [0.25, 0.3) is 5.91 Å². The van der Waals surface area contributed by atoms with Gasteiger partial charge in [0.2, 0.25) is 0 Å². The number of methoxy groups -OCH3 is 1. The summed E-state index contributed by atoms with van der Waals surface area (Å²) in [5, 5.41) is 7.39. The molecule has 178 valence electrons. The van der Waals surface area contributed by atoms with Gasteiger partial charge < -0.3 is 10.1 Å². The Kier molecular flexibility index (Phi) is 6.44. The third-order valence-electron chi connectivity index (χ3n) is 5.77. The van der Waals surface area contributed by atoms with Crippen LogP contribution in [0.4, 0.5) is 5.69 Å². The maximum Gasteiger partial charge on any atom is 0.350 e. The summed E-state index contributed by atoms with van der Waals surface area (Å²) in [7, 11) is 1.61. The van der Waals surface area contributed by atoms with Crippen LogP contribution in [0.1, 0.15) is 16.7 Å². The van der Waals surface area contributed by atoms with Gasteiger partial charge in [-0.3, -0.25) is 9.20 Å². The van der Waals surface area contributed by atoms with E-state index in [2.05, 4.69) is 10.4 Å². The predicted octanol–water partition coefficient (Wildman–Crippen LogP) is 4.73. The number of hydrogen-bond donors (Lipinski definition) is 1. The number of aromatic nitrogens is 3. The molecule has 0 atom stereocenters. The number of nitrogens with one attached hydrogen (secondary N) is 1. The molecule has 2 aromatic heterocycles. The Morgan fingerprint density at radius 3 is 2.53 bits per heavy atom. The van der Waals surface area contributed by atoms with Crippen molar-refractivity contribution in [1.82, 2.24) is 14.2 Å². The van der Waals surface area contributed by atoms with E-state index >= 15 is 0 Å². The standard InChI is InChI=1S/C29H24N4O3/c1-36-26-15-6-5-13-23(26)19-25(22-11-3-2-4-12-22)28(34)30-24-14-9-10-21(18-24)20-33-29(35)32-17-8-7-16-27(32)31-33/h2-19H,20H2,1H3,(H,30,34). The Labute approximate surface area is 207 Å². The van der Waals surface area contributed by atoms with Gasteiger partial charge in [-0.15, -0.1) is 5.10 Å². The number of amides is 1. The van der Waals surface area contributed by atoms with E-state index in [1.54, 1.807) is 25.4 Å². The Balaban J connectivity index is 1.43. The maximum atomic E-state index is 13.5. The molecule has 0 saturated heterocycles. The van der Waals surface area contributed by atoms with Crippen LogP contribution in [-0.2, 0) is 11.3 Å². The van der Waals surface area contributed by atoms with Crippen LogP contribution in [0.3, 0.4) is 0 Å². The van der Waals surface area contributed by atoms with Crippen LogP contribution in [0.25, 0.3) is 17.3 Å². The van der Waals surface area contributed by atoms with Gasteiger partial charge in [-0.1, -0.05) is 66.7 Å². The third-order valence-corrected chi connectivity index (χ3v) is 5.77. The van der Waals surface area contributed by atoms with E-state index in [9.17, 15) is 9.59 Å². The highest BCUT2D eigenvalue weighted by Crippen LogP contribution is 2.26. The van der Waals surface area contributed by atoms with Gasteiger partial charge in [0.15, 0.2) is 5.65 Å². The molecular weight excluding hydrogens is 452 g/mol. The lowest BCUT2D eigenvalue weighted by atomic mass is 10.0. The first kappa shape index (κ1) is 22.9. The normalized spacial score (nSPS) is 11.4. The fraction of sp³-hybridized carbons (Fsp3) is 0.0690. The Hall–Kier alpha value is -4.91. The molecule has 0 spiro atoms. The largest absolute Gasteiger partial charge is 0.496 e. The first-order chi connectivity index (χ1) is 17.6. The SMILES string of the molecule is COc1ccccc1C=C(C(=O)Nc1cccc(Cn2nc3ccccn3c2=O)c1)c1ccccc1. The summed E-state index contributed by atoms with van der Waals surface area (Å²) in [6, 6.07) is 29.9. The number of rotatable bonds is 7. The minimum atomic E-state index is -0.255. The molecule has 1 N–H and O–H groups in total. The number of anilines is 1. The van der Waals surface area contributed by atoms with Crippen LogP contribution in [0.5, 0.6) is 5.75 Å². The van der Waals surface area contributed by atoms with Gasteiger partial charge in [-0.2, -0.15) is 0 Å². The van der Waals surface area contributed by atoms with E-state index in [1.807, 2.05) is 91.0 Å². The summed E-state index contributed by atoms with van der Waals surface area (Å²) in [4.78, 5) is 26.1. The zero-order valence-corrected chi connectivity index (χ0v) is 19.7. The molecule has 0 bridgehead atoms. The number of hydrogen-bond acceptors (Lipinski definition) is 4. The Morgan fingerprint density at radius 2 is 1.72 bits per heavy atom. The van der Waals surface area contributed by atoms with Gasteiger partial charge in [-0.25, -0.2) is 9.48 Å². The molecule has 2 heterocycles. The van der Waals surface area contributed by atoms with Gasteiger partial charge in [0.1, 0.15) is 5.75 Å². The fourth-order valence-corrected chi connectivity index (χ4v) is 4.03. The lowest BCUT2D eigenvalue weighted by molar-refractivity contribution is -0.111. The van der Waals surface area contributed by atoms with Crippen molar-refractivity contribution in [3.63, 3.8) is 0 Å². The quantitative estimate of drug-likeness (QED) is 0.272. The maximum absolute atomic E-state index is 13.5. The van der Waals surface area contributed by atoms with Crippen LogP contribution in [-0.4, -0.2) is 27.2 Å². The van der Waals surface area contributed by atoms with Crippen molar-refractivity contribution in [3.8, 4) is 5.75 Å². The molecule has 3 aromatic carbocycles. The van der Waals surface area contributed by atoms with Crippen LogP contribution in [0.15, 0.2) is 108 Å². The summed E-state index contributed by atoms with van der Waals surface area (Å²) >= 11 is 0. The highest BCUT2D eigenvalue weighted by Gasteiger charge is 2.14. The van der Waals surface area contributed by atoms with Gasteiger partial charge in [0.05, 0.1) is 13.7 Å². The predicted molar refractivity (Wildman–Crippen MR) is 141 cm³/mol. The van der Waals surface area contributed by atoms with Crippen LogP contribution in [0.2, 0.25) is 0 Å². The second kappa shape index (κ2) is 10.1. The molecule has 5 rings (SSSR count). The highest BCUT2D eigenvalue weighted by atomic mass is 16.5. The van der Waals surface area contributed by atoms with Crippen LogP contribution in [0, 0.1) is 0 Å². The second-order valence-corrected chi connectivity index (χ2v) is 8.19. The van der Waals surface area contributed by atoms with E-state index in [-0.39, 0.29) is 18.1 Å². The number of nitrogens with zero attached hydrogens (tertiary/aromatic N) is 3. The molecule has 36 heavy (non-hydrogen) atoms. The van der Waals surface area contributed by atoms with Crippen LogP contribution >= 0.6 is 0 Å². The molecule has 5 aromatic rings. The van der Waals surface area contributed by atoms with Crippen LogP contribution < -0.4 is 15.7 Å². The average molecular weight is 477 g/mol. The summed E-state index contributed by atoms with van der Waals surface area (Å²) in [5.41, 5.74) is 3.92. The first-order valence-corrected chi connectivity index (χ1v) is 11.5. The molecule has 0 radical (unpaired) electrons.